The monoisotopic (exact) mass is 369 g/mol. The van der Waals surface area contributed by atoms with Gasteiger partial charge in [-0.2, -0.15) is 0 Å². The van der Waals surface area contributed by atoms with E-state index >= 15 is 0 Å². The number of thiocarbonyl (C=S) groups is 1. The Bertz CT molecular complexity index is 788. The number of unbranched alkanes of at least 4 members (excludes halogenated alkanes) is 1. The summed E-state index contributed by atoms with van der Waals surface area (Å²) in [5, 5.41) is 8.74. The number of hydrogen-bond acceptors (Lipinski definition) is 3. The van der Waals surface area contributed by atoms with Gasteiger partial charge in [-0.05, 0) is 61.5 Å². The summed E-state index contributed by atoms with van der Waals surface area (Å²) in [5.41, 5.74) is 2.99. The first-order valence-electron chi connectivity index (χ1n) is 8.57. The molecule has 0 atom stereocenters. The smallest absolute Gasteiger partial charge is 0.255 e. The average Bonchev–Trinajstić information content (AvgIpc) is 2.61. The van der Waals surface area contributed by atoms with Crippen molar-refractivity contribution >= 4 is 40.5 Å². The van der Waals surface area contributed by atoms with Crippen LogP contribution >= 0.6 is 12.2 Å². The van der Waals surface area contributed by atoms with E-state index in [0.29, 0.717) is 17.7 Å². The van der Waals surface area contributed by atoms with E-state index in [2.05, 4.69) is 16.0 Å². The minimum Gasteiger partial charge on any atom is -0.332 e. The Kier molecular flexibility index (Phi) is 7.29. The fourth-order valence-electron chi connectivity index (χ4n) is 2.35. The topological polar surface area (TPSA) is 70.2 Å². The van der Waals surface area contributed by atoms with Gasteiger partial charge in [-0.1, -0.05) is 31.5 Å². The second-order valence-electron chi connectivity index (χ2n) is 5.95. The molecule has 0 fully saturated rings. The van der Waals surface area contributed by atoms with Crippen LogP contribution in [0.25, 0.3) is 0 Å². The van der Waals surface area contributed by atoms with Crippen molar-refractivity contribution in [3.8, 4) is 0 Å². The summed E-state index contributed by atoms with van der Waals surface area (Å²) in [6.45, 7) is 3.93. The lowest BCUT2D eigenvalue weighted by atomic mass is 10.1. The summed E-state index contributed by atoms with van der Waals surface area (Å²) >= 11 is 5.13. The highest BCUT2D eigenvalue weighted by molar-refractivity contribution is 7.80. The molecule has 2 aromatic carbocycles. The number of nitrogens with one attached hydrogen (secondary N) is 3. The van der Waals surface area contributed by atoms with Gasteiger partial charge in [-0.3, -0.25) is 9.59 Å². The molecule has 2 rings (SSSR count). The van der Waals surface area contributed by atoms with Crippen LogP contribution in [0.1, 0.15) is 42.1 Å². The molecule has 0 aromatic heterocycles. The maximum atomic E-state index is 12.3. The average molecular weight is 369 g/mol. The van der Waals surface area contributed by atoms with Gasteiger partial charge in [0.2, 0.25) is 5.91 Å². The molecule has 6 heteroatoms. The van der Waals surface area contributed by atoms with Gasteiger partial charge in [0.25, 0.3) is 5.91 Å². The van der Waals surface area contributed by atoms with Gasteiger partial charge < -0.3 is 16.0 Å². The highest BCUT2D eigenvalue weighted by Gasteiger charge is 2.09. The predicted octanol–water partition coefficient (Wildman–Crippen LogP) is 4.25. The molecule has 5 nitrogen and oxygen atoms in total. The van der Waals surface area contributed by atoms with Crippen molar-refractivity contribution in [3.05, 3.63) is 59.7 Å². The molecule has 136 valence electrons. The number of aryl methyl sites for hydroxylation is 1. The Balaban J connectivity index is 1.90. The molecule has 0 saturated carbocycles. The molecule has 2 amide bonds. The van der Waals surface area contributed by atoms with E-state index in [4.69, 9.17) is 12.2 Å². The molecule has 26 heavy (non-hydrogen) atoms. The van der Waals surface area contributed by atoms with Gasteiger partial charge in [0.1, 0.15) is 0 Å². The number of carbonyl (C=O) groups excluding carboxylic acids is 2. The van der Waals surface area contributed by atoms with Gasteiger partial charge >= 0.3 is 0 Å². The van der Waals surface area contributed by atoms with Gasteiger partial charge in [-0.25, -0.2) is 0 Å². The van der Waals surface area contributed by atoms with Gasteiger partial charge in [0, 0.05) is 23.4 Å². The Labute approximate surface area is 159 Å². The number of benzene rings is 2. The summed E-state index contributed by atoms with van der Waals surface area (Å²) in [6.07, 6.45) is 2.26. The standard InChI is InChI=1S/C20H23N3O2S/c1-3-4-9-18(24)23-20(26)22-16-12-10-15(11-13-16)21-19(25)17-8-6-5-7-14(17)2/h5-8,10-13H,3-4,9H2,1-2H3,(H,21,25)(H2,22,23,24,26). The van der Waals surface area contributed by atoms with Crippen molar-refractivity contribution in [2.75, 3.05) is 10.6 Å². The Morgan fingerprint density at radius 3 is 2.19 bits per heavy atom. The van der Waals surface area contributed by atoms with Crippen LogP contribution in [0.2, 0.25) is 0 Å². The van der Waals surface area contributed by atoms with Crippen LogP contribution in [-0.4, -0.2) is 16.9 Å². The number of amides is 2. The summed E-state index contributed by atoms with van der Waals surface area (Å²) in [4.78, 5) is 24.0. The molecule has 0 saturated heterocycles. The van der Waals surface area contributed by atoms with E-state index in [1.165, 1.54) is 0 Å². The first-order valence-corrected chi connectivity index (χ1v) is 8.98. The molecule has 0 bridgehead atoms. The highest BCUT2D eigenvalue weighted by Crippen LogP contribution is 2.16. The van der Waals surface area contributed by atoms with Crippen LogP contribution in [0.5, 0.6) is 0 Å². The molecule has 0 unspecified atom stereocenters. The van der Waals surface area contributed by atoms with Crippen LogP contribution in [0.3, 0.4) is 0 Å². The van der Waals surface area contributed by atoms with Crippen LogP contribution in [0, 0.1) is 6.92 Å². The van der Waals surface area contributed by atoms with E-state index in [9.17, 15) is 9.59 Å². The third kappa shape index (κ3) is 5.97. The number of rotatable bonds is 6. The summed E-state index contributed by atoms with van der Waals surface area (Å²) < 4.78 is 0. The molecule has 3 N–H and O–H groups in total. The van der Waals surface area contributed by atoms with Crippen molar-refractivity contribution in [1.82, 2.24) is 5.32 Å². The number of hydrogen-bond donors (Lipinski definition) is 3. The normalized spacial score (nSPS) is 10.1. The van der Waals surface area contributed by atoms with Crippen molar-refractivity contribution in [3.63, 3.8) is 0 Å². The van der Waals surface area contributed by atoms with E-state index in [1.54, 1.807) is 30.3 Å². The summed E-state index contributed by atoms with van der Waals surface area (Å²) in [5.74, 6) is -0.242. The Morgan fingerprint density at radius 2 is 1.58 bits per heavy atom. The fraction of sp³-hybridized carbons (Fsp3) is 0.250. The van der Waals surface area contributed by atoms with Crippen molar-refractivity contribution in [2.24, 2.45) is 0 Å². The molecule has 0 aliphatic rings. The molecule has 0 aliphatic carbocycles. The fourth-order valence-corrected chi connectivity index (χ4v) is 2.58. The van der Waals surface area contributed by atoms with E-state index < -0.39 is 0 Å². The molecular formula is C20H23N3O2S. The first-order chi connectivity index (χ1) is 12.5. The highest BCUT2D eigenvalue weighted by atomic mass is 32.1. The van der Waals surface area contributed by atoms with Crippen LogP contribution < -0.4 is 16.0 Å². The van der Waals surface area contributed by atoms with Gasteiger partial charge in [-0.15, -0.1) is 0 Å². The van der Waals surface area contributed by atoms with Crippen molar-refractivity contribution in [1.29, 1.82) is 0 Å². The van der Waals surface area contributed by atoms with Gasteiger partial charge in [0.15, 0.2) is 5.11 Å². The maximum Gasteiger partial charge on any atom is 0.255 e. The summed E-state index contributed by atoms with van der Waals surface area (Å²) in [6, 6.07) is 14.6. The SMILES string of the molecule is CCCCC(=O)NC(=S)Nc1ccc(NC(=O)c2ccccc2C)cc1. The third-order valence-electron chi connectivity index (χ3n) is 3.80. The molecule has 2 aromatic rings. The Hall–Kier alpha value is -2.73. The molecule has 0 radical (unpaired) electrons. The van der Waals surface area contributed by atoms with Crippen LogP contribution in [0.4, 0.5) is 11.4 Å². The van der Waals surface area contributed by atoms with Gasteiger partial charge in [0.05, 0.1) is 0 Å². The minimum absolute atomic E-state index is 0.0912. The van der Waals surface area contributed by atoms with Crippen LogP contribution in [-0.2, 0) is 4.79 Å². The quantitative estimate of drug-likeness (QED) is 0.666. The van der Waals surface area contributed by atoms with E-state index in [-0.39, 0.29) is 16.9 Å². The second-order valence-corrected chi connectivity index (χ2v) is 6.36. The lowest BCUT2D eigenvalue weighted by Gasteiger charge is -2.11. The zero-order valence-electron chi connectivity index (χ0n) is 15.0. The largest absolute Gasteiger partial charge is 0.332 e. The number of anilines is 2. The number of carbonyl (C=O) groups is 2. The molecule has 0 spiro atoms. The molecule has 0 heterocycles. The zero-order chi connectivity index (χ0) is 18.9. The zero-order valence-corrected chi connectivity index (χ0v) is 15.8. The Morgan fingerprint density at radius 1 is 0.962 bits per heavy atom. The molecular weight excluding hydrogens is 346 g/mol. The van der Waals surface area contributed by atoms with Crippen molar-refractivity contribution in [2.45, 2.75) is 33.1 Å². The minimum atomic E-state index is -0.150. The second kappa shape index (κ2) is 9.68. The van der Waals surface area contributed by atoms with E-state index in [1.807, 2.05) is 32.0 Å². The van der Waals surface area contributed by atoms with E-state index in [0.717, 1.165) is 24.1 Å². The lowest BCUT2D eigenvalue weighted by Crippen LogP contribution is -2.33. The summed E-state index contributed by atoms with van der Waals surface area (Å²) in [7, 11) is 0. The lowest BCUT2D eigenvalue weighted by molar-refractivity contribution is -0.119. The van der Waals surface area contributed by atoms with Crippen LogP contribution in [0.15, 0.2) is 48.5 Å². The molecule has 0 aliphatic heterocycles. The van der Waals surface area contributed by atoms with Crippen molar-refractivity contribution < 1.29 is 9.59 Å². The first kappa shape index (κ1) is 19.6. The third-order valence-corrected chi connectivity index (χ3v) is 4.00. The predicted molar refractivity (Wildman–Crippen MR) is 109 cm³/mol. The maximum absolute atomic E-state index is 12.3.